The molecular formula is C11H14ClN3. The van der Waals surface area contributed by atoms with Gasteiger partial charge in [0.1, 0.15) is 5.82 Å². The first-order valence-electron chi connectivity index (χ1n) is 4.89. The number of terminal acetylenes is 1. The summed E-state index contributed by atoms with van der Waals surface area (Å²) in [5.74, 6) is 3.40. The normalized spacial score (nSPS) is 11.9. The number of nitrogens with zero attached hydrogens (tertiary/aromatic N) is 2. The van der Waals surface area contributed by atoms with Gasteiger partial charge in [-0.2, -0.15) is 0 Å². The lowest BCUT2D eigenvalue weighted by Crippen LogP contribution is -2.18. The van der Waals surface area contributed by atoms with Crippen molar-refractivity contribution >= 4 is 17.4 Å². The van der Waals surface area contributed by atoms with Crippen molar-refractivity contribution in [3.63, 3.8) is 0 Å². The first-order valence-corrected chi connectivity index (χ1v) is 5.27. The molecule has 0 bridgehead atoms. The molecule has 4 heteroatoms. The van der Waals surface area contributed by atoms with Crippen LogP contribution in [0, 0.1) is 19.3 Å². The van der Waals surface area contributed by atoms with Gasteiger partial charge < -0.3 is 5.32 Å². The fraction of sp³-hybridized carbons (Fsp3) is 0.455. The molecule has 0 saturated heterocycles. The van der Waals surface area contributed by atoms with Crippen molar-refractivity contribution in [3.8, 4) is 12.3 Å². The Balaban J connectivity index is 2.79. The quantitative estimate of drug-likeness (QED) is 0.630. The van der Waals surface area contributed by atoms with Gasteiger partial charge in [-0.25, -0.2) is 9.97 Å². The molecule has 15 heavy (non-hydrogen) atoms. The predicted molar refractivity (Wildman–Crippen MR) is 62.9 cm³/mol. The van der Waals surface area contributed by atoms with Gasteiger partial charge in [-0.05, 0) is 24.9 Å². The van der Waals surface area contributed by atoms with Crippen molar-refractivity contribution in [2.75, 3.05) is 5.32 Å². The lowest BCUT2D eigenvalue weighted by atomic mass is 10.2. The highest BCUT2D eigenvalue weighted by molar-refractivity contribution is 6.28. The highest BCUT2D eigenvalue weighted by Gasteiger charge is 2.07. The lowest BCUT2D eigenvalue weighted by Gasteiger charge is -2.14. The van der Waals surface area contributed by atoms with Crippen LogP contribution in [0.15, 0.2) is 6.20 Å². The van der Waals surface area contributed by atoms with Gasteiger partial charge in [-0.15, -0.1) is 6.42 Å². The fourth-order valence-electron chi connectivity index (χ4n) is 1.22. The van der Waals surface area contributed by atoms with Gasteiger partial charge in [-0.3, -0.25) is 0 Å². The van der Waals surface area contributed by atoms with E-state index in [9.17, 15) is 0 Å². The molecule has 0 spiro atoms. The first kappa shape index (κ1) is 11.8. The van der Waals surface area contributed by atoms with Crippen LogP contribution in [0.2, 0.25) is 5.28 Å². The Morgan fingerprint density at radius 3 is 3.00 bits per heavy atom. The molecule has 1 aromatic rings. The second-order valence-corrected chi connectivity index (χ2v) is 3.66. The van der Waals surface area contributed by atoms with E-state index in [0.717, 1.165) is 18.4 Å². The van der Waals surface area contributed by atoms with Crippen LogP contribution in [0.5, 0.6) is 0 Å². The van der Waals surface area contributed by atoms with E-state index in [1.165, 1.54) is 0 Å². The van der Waals surface area contributed by atoms with E-state index in [2.05, 4.69) is 28.1 Å². The van der Waals surface area contributed by atoms with Crippen LogP contribution in [-0.2, 0) is 0 Å². The predicted octanol–water partition coefficient (Wildman–Crippen LogP) is 2.65. The molecule has 0 fully saturated rings. The molecule has 0 aliphatic heterocycles. The Morgan fingerprint density at radius 1 is 1.67 bits per heavy atom. The molecule has 0 aliphatic rings. The van der Waals surface area contributed by atoms with Gasteiger partial charge in [0.25, 0.3) is 0 Å². The van der Waals surface area contributed by atoms with E-state index in [1.807, 2.05) is 6.92 Å². The fourth-order valence-corrected chi connectivity index (χ4v) is 1.35. The maximum atomic E-state index is 5.71. The minimum absolute atomic E-state index is 0.000309. The Labute approximate surface area is 95.3 Å². The maximum absolute atomic E-state index is 5.71. The summed E-state index contributed by atoms with van der Waals surface area (Å²) >= 11 is 5.71. The summed E-state index contributed by atoms with van der Waals surface area (Å²) in [4.78, 5) is 7.97. The molecule has 0 radical (unpaired) electrons. The summed E-state index contributed by atoms with van der Waals surface area (Å²) < 4.78 is 0. The molecule has 1 N–H and O–H groups in total. The zero-order valence-corrected chi connectivity index (χ0v) is 9.67. The van der Waals surface area contributed by atoms with Crippen molar-refractivity contribution in [3.05, 3.63) is 17.0 Å². The smallest absolute Gasteiger partial charge is 0.224 e. The third-order valence-electron chi connectivity index (χ3n) is 2.03. The number of rotatable bonds is 4. The van der Waals surface area contributed by atoms with E-state index in [1.54, 1.807) is 6.20 Å². The van der Waals surface area contributed by atoms with Gasteiger partial charge in [0.2, 0.25) is 5.28 Å². The van der Waals surface area contributed by atoms with Crippen LogP contribution in [-0.4, -0.2) is 16.0 Å². The highest BCUT2D eigenvalue weighted by Crippen LogP contribution is 2.14. The molecule has 1 heterocycles. The summed E-state index contributed by atoms with van der Waals surface area (Å²) in [7, 11) is 0. The van der Waals surface area contributed by atoms with Crippen LogP contribution in [0.25, 0.3) is 0 Å². The number of halogens is 1. The maximum Gasteiger partial charge on any atom is 0.224 e. The average Bonchev–Trinajstić information content (AvgIpc) is 2.22. The van der Waals surface area contributed by atoms with E-state index < -0.39 is 0 Å². The van der Waals surface area contributed by atoms with Gasteiger partial charge in [-0.1, -0.05) is 19.3 Å². The highest BCUT2D eigenvalue weighted by atomic mass is 35.5. The molecule has 0 aliphatic carbocycles. The molecule has 0 aromatic carbocycles. The summed E-state index contributed by atoms with van der Waals surface area (Å²) in [6.07, 6.45) is 9.03. The Morgan fingerprint density at radius 2 is 2.40 bits per heavy atom. The number of anilines is 1. The molecule has 1 unspecified atom stereocenters. The SMILES string of the molecule is C#CC(CCC)Nc1nc(Cl)ncc1C. The van der Waals surface area contributed by atoms with E-state index in [0.29, 0.717) is 5.82 Å². The molecule has 80 valence electrons. The number of hydrogen-bond acceptors (Lipinski definition) is 3. The summed E-state index contributed by atoms with van der Waals surface area (Å²) in [6.45, 7) is 4.00. The van der Waals surface area contributed by atoms with Crippen LogP contribution in [0.3, 0.4) is 0 Å². The number of hydrogen-bond donors (Lipinski definition) is 1. The summed E-state index contributed by atoms with van der Waals surface area (Å²) in [6, 6.07) is -0.000309. The zero-order valence-electron chi connectivity index (χ0n) is 8.92. The second-order valence-electron chi connectivity index (χ2n) is 3.32. The topological polar surface area (TPSA) is 37.8 Å². The third-order valence-corrected chi connectivity index (χ3v) is 2.21. The monoisotopic (exact) mass is 223 g/mol. The van der Waals surface area contributed by atoms with Crippen molar-refractivity contribution in [2.24, 2.45) is 0 Å². The van der Waals surface area contributed by atoms with Gasteiger partial charge in [0, 0.05) is 11.8 Å². The van der Waals surface area contributed by atoms with E-state index in [-0.39, 0.29) is 11.3 Å². The first-order chi connectivity index (χ1) is 7.17. The summed E-state index contributed by atoms with van der Waals surface area (Å²) in [5, 5.41) is 3.40. The average molecular weight is 224 g/mol. The van der Waals surface area contributed by atoms with Crippen LogP contribution >= 0.6 is 11.6 Å². The minimum Gasteiger partial charge on any atom is -0.356 e. The van der Waals surface area contributed by atoms with E-state index in [4.69, 9.17) is 18.0 Å². The lowest BCUT2D eigenvalue weighted by molar-refractivity contribution is 0.751. The largest absolute Gasteiger partial charge is 0.356 e. The van der Waals surface area contributed by atoms with Gasteiger partial charge in [0.05, 0.1) is 6.04 Å². The van der Waals surface area contributed by atoms with Crippen molar-refractivity contribution in [1.29, 1.82) is 0 Å². The molecule has 1 atom stereocenters. The standard InChI is InChI=1S/C11H14ClN3/c1-4-6-9(5-2)14-10-8(3)7-13-11(12)15-10/h2,7,9H,4,6H2,1,3H3,(H,13,14,15). The molecule has 0 amide bonds. The molecule has 0 saturated carbocycles. The van der Waals surface area contributed by atoms with Crippen molar-refractivity contribution in [1.82, 2.24) is 9.97 Å². The number of aromatic nitrogens is 2. The third kappa shape index (κ3) is 3.41. The van der Waals surface area contributed by atoms with Crippen LogP contribution in [0.4, 0.5) is 5.82 Å². The van der Waals surface area contributed by atoms with Gasteiger partial charge in [0.15, 0.2) is 0 Å². The van der Waals surface area contributed by atoms with Gasteiger partial charge >= 0.3 is 0 Å². The van der Waals surface area contributed by atoms with E-state index >= 15 is 0 Å². The molecule has 1 aromatic heterocycles. The Bertz CT molecular complexity index is 371. The zero-order chi connectivity index (χ0) is 11.3. The molecule has 1 rings (SSSR count). The number of nitrogens with one attached hydrogen (secondary N) is 1. The van der Waals surface area contributed by atoms with Crippen LogP contribution in [0.1, 0.15) is 25.3 Å². The minimum atomic E-state index is -0.000309. The summed E-state index contributed by atoms with van der Waals surface area (Å²) in [5.41, 5.74) is 0.941. The van der Waals surface area contributed by atoms with Crippen molar-refractivity contribution in [2.45, 2.75) is 32.7 Å². The second kappa shape index (κ2) is 5.57. The Hall–Kier alpha value is -1.27. The molecular weight excluding hydrogens is 210 g/mol. The molecule has 3 nitrogen and oxygen atoms in total. The van der Waals surface area contributed by atoms with Crippen molar-refractivity contribution < 1.29 is 0 Å². The Kier molecular flexibility index (Phi) is 4.38. The number of aryl methyl sites for hydroxylation is 1. The van der Waals surface area contributed by atoms with Crippen LogP contribution < -0.4 is 5.32 Å².